The molecule has 21 heavy (non-hydrogen) atoms. The monoisotopic (exact) mass is 288 g/mol. The zero-order chi connectivity index (χ0) is 14.8. The van der Waals surface area contributed by atoms with Crippen LogP contribution in [0.25, 0.3) is 0 Å². The van der Waals surface area contributed by atoms with Gasteiger partial charge in [0.2, 0.25) is 5.91 Å². The minimum atomic E-state index is -0.122. The Morgan fingerprint density at radius 3 is 3.00 bits per heavy atom. The molecule has 2 heterocycles. The van der Waals surface area contributed by atoms with Gasteiger partial charge in [-0.2, -0.15) is 0 Å². The van der Waals surface area contributed by atoms with E-state index in [2.05, 4.69) is 12.2 Å². The van der Waals surface area contributed by atoms with Crippen LogP contribution in [0.4, 0.5) is 11.4 Å². The molecule has 1 unspecified atom stereocenters. The number of carbonyl (C=O) groups is 2. The van der Waals surface area contributed by atoms with Gasteiger partial charge in [-0.25, -0.2) is 0 Å². The largest absolute Gasteiger partial charge is 0.325 e. The van der Waals surface area contributed by atoms with Crippen LogP contribution in [0.15, 0.2) is 24.3 Å². The summed E-state index contributed by atoms with van der Waals surface area (Å²) in [5.74, 6) is -0.0789. The van der Waals surface area contributed by atoms with Crippen molar-refractivity contribution in [2.75, 3.05) is 29.9 Å². The minimum absolute atomic E-state index is 0.0426. The summed E-state index contributed by atoms with van der Waals surface area (Å²) in [6, 6.07) is 8.01. The van der Waals surface area contributed by atoms with Gasteiger partial charge in [-0.3, -0.25) is 14.5 Å². The van der Waals surface area contributed by atoms with Crippen molar-refractivity contribution in [3.8, 4) is 0 Å². The highest BCUT2D eigenvalue weighted by molar-refractivity contribution is 6.10. The summed E-state index contributed by atoms with van der Waals surface area (Å²) in [5.41, 5.74) is 1.54. The molecule has 0 radical (unpaired) electrons. The summed E-state index contributed by atoms with van der Waals surface area (Å²) in [6.45, 7) is 3.85. The molecule has 5 nitrogen and oxygen atoms in total. The number of piperidine rings is 1. The van der Waals surface area contributed by atoms with E-state index >= 15 is 0 Å². The number of amides is 2. The first kappa shape index (κ1) is 14.1. The van der Waals surface area contributed by atoms with Crippen LogP contribution in [0.1, 0.15) is 26.2 Å². The molecule has 112 valence electrons. The van der Waals surface area contributed by atoms with Crippen molar-refractivity contribution in [2.45, 2.75) is 32.2 Å². The van der Waals surface area contributed by atoms with E-state index in [4.69, 9.17) is 0 Å². The Bertz CT molecular complexity index is 558. The Balaban J connectivity index is 1.77. The van der Waals surface area contributed by atoms with E-state index in [0.717, 1.165) is 17.9 Å². The predicted molar refractivity (Wildman–Crippen MR) is 81.4 cm³/mol. The van der Waals surface area contributed by atoms with E-state index in [9.17, 15) is 9.59 Å². The van der Waals surface area contributed by atoms with E-state index in [1.54, 1.807) is 4.90 Å². The number of fused-ring (bicyclic) bond motifs is 1. The zero-order valence-electron chi connectivity index (χ0n) is 12.4. The minimum Gasteiger partial charge on any atom is -0.325 e. The van der Waals surface area contributed by atoms with Gasteiger partial charge in [0.05, 0.1) is 24.0 Å². The van der Waals surface area contributed by atoms with Crippen LogP contribution in [0.2, 0.25) is 0 Å². The third kappa shape index (κ3) is 2.93. The van der Waals surface area contributed by atoms with E-state index < -0.39 is 0 Å². The Labute approximate surface area is 124 Å². The highest BCUT2D eigenvalue weighted by Crippen LogP contribution is 2.28. The maximum atomic E-state index is 12.6. The lowest BCUT2D eigenvalue weighted by Crippen LogP contribution is -3.17. The summed E-state index contributed by atoms with van der Waals surface area (Å²) in [7, 11) is 0. The van der Waals surface area contributed by atoms with Crippen molar-refractivity contribution in [3.63, 3.8) is 0 Å². The fourth-order valence-electron chi connectivity index (χ4n) is 3.26. The second-order valence-electron chi connectivity index (χ2n) is 6.03. The van der Waals surface area contributed by atoms with Crippen molar-refractivity contribution in [1.29, 1.82) is 0 Å². The second kappa shape index (κ2) is 5.85. The van der Waals surface area contributed by atoms with Crippen LogP contribution in [-0.2, 0) is 9.59 Å². The van der Waals surface area contributed by atoms with Crippen LogP contribution >= 0.6 is 0 Å². The Morgan fingerprint density at radius 1 is 1.38 bits per heavy atom. The van der Waals surface area contributed by atoms with Gasteiger partial charge >= 0.3 is 0 Å². The molecular weight excluding hydrogens is 266 g/mol. The van der Waals surface area contributed by atoms with E-state index in [1.807, 2.05) is 24.3 Å². The van der Waals surface area contributed by atoms with Crippen LogP contribution in [0.5, 0.6) is 0 Å². The van der Waals surface area contributed by atoms with Gasteiger partial charge in [-0.15, -0.1) is 0 Å². The summed E-state index contributed by atoms with van der Waals surface area (Å²) >= 11 is 0. The van der Waals surface area contributed by atoms with Gasteiger partial charge in [0.1, 0.15) is 6.54 Å². The zero-order valence-corrected chi connectivity index (χ0v) is 12.4. The van der Waals surface area contributed by atoms with Crippen LogP contribution in [0, 0.1) is 0 Å². The third-order valence-electron chi connectivity index (χ3n) is 4.53. The molecule has 1 aromatic rings. The first-order valence-electron chi connectivity index (χ1n) is 7.69. The van der Waals surface area contributed by atoms with Gasteiger partial charge in [-0.1, -0.05) is 12.1 Å². The topological polar surface area (TPSA) is 53.9 Å². The molecule has 3 rings (SSSR count). The molecule has 2 amide bonds. The summed E-state index contributed by atoms with van der Waals surface area (Å²) in [6.07, 6.45) is 3.62. The summed E-state index contributed by atoms with van der Waals surface area (Å²) in [4.78, 5) is 27.4. The lowest BCUT2D eigenvalue weighted by molar-refractivity contribution is -0.920. The molecule has 2 N–H and O–H groups in total. The number of carbonyl (C=O) groups excluding carboxylic acids is 2. The normalized spacial score (nSPS) is 25.2. The smallest absolute Gasteiger partial charge is 0.282 e. The van der Waals surface area contributed by atoms with Crippen molar-refractivity contribution in [1.82, 2.24) is 0 Å². The molecule has 1 saturated heterocycles. The fourth-order valence-corrected chi connectivity index (χ4v) is 3.26. The first-order valence-corrected chi connectivity index (χ1v) is 7.69. The SMILES string of the molecule is C[C@@H]1CCCC[NH+]1CC(=O)N1CC(=O)Nc2ccccc21. The van der Waals surface area contributed by atoms with E-state index in [0.29, 0.717) is 12.6 Å². The van der Waals surface area contributed by atoms with Crippen molar-refractivity contribution in [2.24, 2.45) is 0 Å². The van der Waals surface area contributed by atoms with E-state index in [-0.39, 0.29) is 18.4 Å². The standard InChI is InChI=1S/C16H21N3O2/c1-12-6-4-5-9-18(12)11-16(21)19-10-15(20)17-13-7-2-3-8-14(13)19/h2-3,7-8,12H,4-6,9-11H2,1H3,(H,17,20)/p+1/t12-/m1/s1. The first-order chi connectivity index (χ1) is 10.1. The van der Waals surface area contributed by atoms with Crippen molar-refractivity contribution in [3.05, 3.63) is 24.3 Å². The van der Waals surface area contributed by atoms with E-state index in [1.165, 1.54) is 24.2 Å². The molecule has 0 bridgehead atoms. The number of benzene rings is 1. The molecule has 5 heteroatoms. The van der Waals surface area contributed by atoms with Gasteiger partial charge < -0.3 is 10.2 Å². The average molecular weight is 288 g/mol. The van der Waals surface area contributed by atoms with Crippen LogP contribution in [0.3, 0.4) is 0 Å². The molecule has 2 aliphatic rings. The number of hydrogen-bond donors (Lipinski definition) is 2. The maximum Gasteiger partial charge on any atom is 0.282 e. The summed E-state index contributed by atoms with van der Waals surface area (Å²) in [5, 5.41) is 2.82. The molecule has 2 atom stereocenters. The van der Waals surface area contributed by atoms with Crippen LogP contribution in [-0.4, -0.2) is 37.5 Å². The number of nitrogens with one attached hydrogen (secondary N) is 2. The molecule has 0 spiro atoms. The highest BCUT2D eigenvalue weighted by Gasteiger charge is 2.31. The van der Waals surface area contributed by atoms with Crippen molar-refractivity contribution < 1.29 is 14.5 Å². The quantitative estimate of drug-likeness (QED) is 0.829. The van der Waals surface area contributed by atoms with Gasteiger partial charge in [0.25, 0.3) is 5.91 Å². The number of nitrogens with zero attached hydrogens (tertiary/aromatic N) is 1. The van der Waals surface area contributed by atoms with Crippen LogP contribution < -0.4 is 15.1 Å². The number of quaternary nitrogens is 1. The van der Waals surface area contributed by atoms with Gasteiger partial charge in [0.15, 0.2) is 6.54 Å². The molecule has 0 aromatic heterocycles. The fraction of sp³-hybridized carbons (Fsp3) is 0.500. The maximum absolute atomic E-state index is 12.6. The number of hydrogen-bond acceptors (Lipinski definition) is 2. The molecular formula is C16H22N3O2+. The number of anilines is 2. The second-order valence-corrected chi connectivity index (χ2v) is 6.03. The number of para-hydroxylation sites is 2. The lowest BCUT2D eigenvalue weighted by atomic mass is 10.0. The molecule has 1 aromatic carbocycles. The summed E-state index contributed by atoms with van der Waals surface area (Å²) < 4.78 is 0. The molecule has 1 fully saturated rings. The Hall–Kier alpha value is -1.88. The lowest BCUT2D eigenvalue weighted by Gasteiger charge is -2.33. The van der Waals surface area contributed by atoms with Gasteiger partial charge in [-0.05, 0) is 38.3 Å². The Morgan fingerprint density at radius 2 is 2.19 bits per heavy atom. The Kier molecular flexibility index (Phi) is 3.92. The van der Waals surface area contributed by atoms with Crippen molar-refractivity contribution >= 4 is 23.2 Å². The highest BCUT2D eigenvalue weighted by atomic mass is 16.2. The molecule has 2 aliphatic heterocycles. The number of rotatable bonds is 2. The third-order valence-corrected chi connectivity index (χ3v) is 4.53. The molecule has 0 saturated carbocycles. The number of likely N-dealkylation sites (tertiary alicyclic amines) is 1. The predicted octanol–water partition coefficient (Wildman–Crippen LogP) is 0.429. The average Bonchev–Trinajstić information content (AvgIpc) is 2.48. The van der Waals surface area contributed by atoms with Gasteiger partial charge in [0, 0.05) is 0 Å². The molecule has 0 aliphatic carbocycles.